The highest BCUT2D eigenvalue weighted by molar-refractivity contribution is 5.95. The largest absolute Gasteiger partial charge is 0.488 e. The van der Waals surface area contributed by atoms with E-state index in [1.807, 2.05) is 37.3 Å². The van der Waals surface area contributed by atoms with Crippen molar-refractivity contribution in [3.63, 3.8) is 0 Å². The average molecular weight is 387 g/mol. The first-order valence-corrected chi connectivity index (χ1v) is 10.3. The Hall–Kier alpha value is -2.27. The number of rotatable bonds is 6. The Morgan fingerprint density at radius 1 is 1.29 bits per heavy atom. The molecule has 2 unspecified atom stereocenters. The smallest absolute Gasteiger partial charge is 0.160 e. The highest BCUT2D eigenvalue weighted by atomic mass is 16.5. The van der Waals surface area contributed by atoms with Crippen LogP contribution in [0.4, 0.5) is 0 Å². The summed E-state index contributed by atoms with van der Waals surface area (Å²) in [5, 5.41) is 6.75. The van der Waals surface area contributed by atoms with E-state index >= 15 is 0 Å². The van der Waals surface area contributed by atoms with Crippen molar-refractivity contribution in [3.05, 3.63) is 53.4 Å². The van der Waals surface area contributed by atoms with Crippen LogP contribution in [0.1, 0.15) is 56.0 Å². The lowest BCUT2D eigenvalue weighted by molar-refractivity contribution is -0.00950. The number of nitrogens with one attached hydrogen (secondary N) is 2. The predicted molar refractivity (Wildman–Crippen MR) is 114 cm³/mol. The van der Waals surface area contributed by atoms with Crippen molar-refractivity contribution in [2.75, 3.05) is 19.8 Å². The van der Waals surface area contributed by atoms with E-state index in [0.717, 1.165) is 35.7 Å². The van der Waals surface area contributed by atoms with E-state index in [0.29, 0.717) is 13.2 Å². The van der Waals surface area contributed by atoms with Crippen molar-refractivity contribution in [1.29, 1.82) is 0 Å². The zero-order chi connectivity index (χ0) is 20.4. The van der Waals surface area contributed by atoms with E-state index in [9.17, 15) is 4.79 Å². The molecule has 0 radical (unpaired) electrons. The van der Waals surface area contributed by atoms with Gasteiger partial charge in [0.15, 0.2) is 5.78 Å². The minimum atomic E-state index is -0.00133. The molecule has 1 saturated heterocycles. The summed E-state index contributed by atoms with van der Waals surface area (Å²) in [5.41, 5.74) is 1.68. The summed E-state index contributed by atoms with van der Waals surface area (Å²) in [6, 6.07) is 5.82. The van der Waals surface area contributed by atoms with Gasteiger partial charge in [-0.1, -0.05) is 38.8 Å². The maximum Gasteiger partial charge on any atom is 0.160 e. The molecule has 2 N–H and O–H groups in total. The fourth-order valence-corrected chi connectivity index (χ4v) is 3.05. The number of allylic oxidation sites excluding steroid dienone is 2. The van der Waals surface area contributed by atoms with Crippen LogP contribution in [0.5, 0.6) is 5.75 Å². The molecule has 2 aliphatic heterocycles. The van der Waals surface area contributed by atoms with Gasteiger partial charge < -0.3 is 20.1 Å². The van der Waals surface area contributed by atoms with Gasteiger partial charge in [0.1, 0.15) is 11.9 Å². The van der Waals surface area contributed by atoms with Crippen LogP contribution in [0, 0.1) is 6.92 Å². The highest BCUT2D eigenvalue weighted by Crippen LogP contribution is 2.21. The molecule has 1 aromatic rings. The van der Waals surface area contributed by atoms with Crippen LogP contribution >= 0.6 is 0 Å². The molecule has 154 valence electrons. The number of unbranched alkanes of at least 4 members (excludes halogenated alkanes) is 1. The molecule has 1 aromatic carbocycles. The van der Waals surface area contributed by atoms with Gasteiger partial charge in [-0.3, -0.25) is 4.79 Å². The number of hydrogen-bond donors (Lipinski definition) is 2. The SMILES string of the molecule is CC(=O)c1ccc(OC2COCC(NC3=CC=CCN3)C2)cc1C.CCCC. The number of dihydropyridines is 1. The standard InChI is InChI=1S/C19H24N2O3.C4H10/c1-13-9-16(6-7-18(13)14(2)22)24-17-10-15(11-23-12-17)21-19-5-3-4-8-20-19;1-3-4-2/h3-7,9,15,17,20-21H,8,10-12H2,1-2H3;3-4H2,1-2H3. The molecule has 3 rings (SSSR count). The van der Waals surface area contributed by atoms with Crippen molar-refractivity contribution in [3.8, 4) is 5.75 Å². The Bertz CT molecular complexity index is 695. The van der Waals surface area contributed by atoms with E-state index < -0.39 is 0 Å². The van der Waals surface area contributed by atoms with Crippen molar-refractivity contribution >= 4 is 5.78 Å². The average Bonchev–Trinajstić information content (AvgIpc) is 2.69. The molecule has 5 heteroatoms. The molecule has 2 heterocycles. The number of hydrogen-bond acceptors (Lipinski definition) is 5. The number of carbonyl (C=O) groups excluding carboxylic acids is 1. The number of ketones is 1. The van der Waals surface area contributed by atoms with Crippen LogP contribution in [0.3, 0.4) is 0 Å². The van der Waals surface area contributed by atoms with Crippen LogP contribution in [-0.2, 0) is 4.74 Å². The van der Waals surface area contributed by atoms with E-state index in [1.165, 1.54) is 12.8 Å². The van der Waals surface area contributed by atoms with Crippen LogP contribution in [0.15, 0.2) is 42.2 Å². The summed E-state index contributed by atoms with van der Waals surface area (Å²) < 4.78 is 11.7. The second-order valence-electron chi connectivity index (χ2n) is 7.28. The highest BCUT2D eigenvalue weighted by Gasteiger charge is 2.24. The molecule has 1 fully saturated rings. The zero-order valence-corrected chi connectivity index (χ0v) is 17.6. The molecule has 0 aromatic heterocycles. The van der Waals surface area contributed by atoms with Gasteiger partial charge in [0, 0.05) is 18.5 Å². The number of carbonyl (C=O) groups is 1. The first-order chi connectivity index (χ1) is 13.5. The number of aryl methyl sites for hydroxylation is 1. The van der Waals surface area contributed by atoms with Gasteiger partial charge in [0.2, 0.25) is 0 Å². The van der Waals surface area contributed by atoms with Gasteiger partial charge in [0.25, 0.3) is 0 Å². The minimum Gasteiger partial charge on any atom is -0.488 e. The Morgan fingerprint density at radius 3 is 2.68 bits per heavy atom. The molecular weight excluding hydrogens is 352 g/mol. The predicted octanol–water partition coefficient (Wildman–Crippen LogP) is 4.13. The van der Waals surface area contributed by atoms with Crippen molar-refractivity contribution in [2.45, 2.75) is 59.1 Å². The van der Waals surface area contributed by atoms with Gasteiger partial charge >= 0.3 is 0 Å². The molecule has 0 spiro atoms. The van der Waals surface area contributed by atoms with Crippen molar-refractivity contribution in [1.82, 2.24) is 10.6 Å². The molecule has 5 nitrogen and oxygen atoms in total. The lowest BCUT2D eigenvalue weighted by Crippen LogP contribution is -2.46. The normalized spacial score (nSPS) is 20.9. The Morgan fingerprint density at radius 2 is 2.07 bits per heavy atom. The molecule has 0 aliphatic carbocycles. The summed E-state index contributed by atoms with van der Waals surface area (Å²) in [6.07, 6.45) is 9.64. The van der Waals surface area contributed by atoms with E-state index in [1.54, 1.807) is 6.92 Å². The zero-order valence-electron chi connectivity index (χ0n) is 17.6. The van der Waals surface area contributed by atoms with Gasteiger partial charge in [-0.2, -0.15) is 0 Å². The van der Waals surface area contributed by atoms with Gasteiger partial charge in [-0.05, 0) is 43.7 Å². The van der Waals surface area contributed by atoms with E-state index in [2.05, 4.69) is 30.6 Å². The monoisotopic (exact) mass is 386 g/mol. The second kappa shape index (κ2) is 11.5. The Labute approximate surface area is 169 Å². The minimum absolute atomic E-state index is 0.00133. The van der Waals surface area contributed by atoms with Gasteiger partial charge in [0.05, 0.1) is 25.1 Å². The molecule has 0 bridgehead atoms. The molecule has 2 aliphatic rings. The quantitative estimate of drug-likeness (QED) is 0.720. The molecule has 2 atom stereocenters. The lowest BCUT2D eigenvalue weighted by Gasteiger charge is -2.32. The van der Waals surface area contributed by atoms with E-state index in [-0.39, 0.29) is 17.9 Å². The first kappa shape index (κ1) is 22.0. The van der Waals surface area contributed by atoms with Gasteiger partial charge in [-0.25, -0.2) is 0 Å². The summed E-state index contributed by atoms with van der Waals surface area (Å²) >= 11 is 0. The molecule has 0 amide bonds. The van der Waals surface area contributed by atoms with Crippen LogP contribution in [0.2, 0.25) is 0 Å². The summed E-state index contributed by atoms with van der Waals surface area (Å²) in [4.78, 5) is 11.5. The molecular formula is C23H34N2O3. The fraction of sp³-hybridized carbons (Fsp3) is 0.522. The number of benzene rings is 1. The van der Waals surface area contributed by atoms with Crippen LogP contribution < -0.4 is 15.4 Å². The third-order valence-corrected chi connectivity index (χ3v) is 4.72. The van der Waals surface area contributed by atoms with Gasteiger partial charge in [-0.15, -0.1) is 0 Å². The maximum absolute atomic E-state index is 11.5. The maximum atomic E-state index is 11.5. The summed E-state index contributed by atoms with van der Waals surface area (Å²) in [6.45, 7) is 9.97. The molecule has 0 saturated carbocycles. The third kappa shape index (κ3) is 7.04. The topological polar surface area (TPSA) is 59.6 Å². The fourth-order valence-electron chi connectivity index (χ4n) is 3.05. The van der Waals surface area contributed by atoms with E-state index in [4.69, 9.17) is 9.47 Å². The Balaban J connectivity index is 0.000000640. The third-order valence-electron chi connectivity index (χ3n) is 4.72. The number of Topliss-reactive ketones (excluding diaryl/α,β-unsaturated/α-hetero) is 1. The van der Waals surface area contributed by atoms with Crippen LogP contribution in [0.25, 0.3) is 0 Å². The number of ether oxygens (including phenoxy) is 2. The lowest BCUT2D eigenvalue weighted by atomic mass is 10.0. The van der Waals surface area contributed by atoms with Crippen molar-refractivity contribution < 1.29 is 14.3 Å². The van der Waals surface area contributed by atoms with Crippen molar-refractivity contribution in [2.24, 2.45) is 0 Å². The second-order valence-corrected chi connectivity index (χ2v) is 7.28. The summed E-state index contributed by atoms with van der Waals surface area (Å²) in [5.74, 6) is 1.88. The summed E-state index contributed by atoms with van der Waals surface area (Å²) in [7, 11) is 0. The first-order valence-electron chi connectivity index (χ1n) is 10.3. The Kier molecular flexibility index (Phi) is 9.08. The molecule has 28 heavy (non-hydrogen) atoms. The van der Waals surface area contributed by atoms with Crippen LogP contribution in [-0.4, -0.2) is 37.7 Å².